The Morgan fingerprint density at radius 3 is 1.79 bits per heavy atom. The average molecular weight is 564 g/mol. The molecule has 3 aromatic carbocycles. The summed E-state index contributed by atoms with van der Waals surface area (Å²) in [5, 5.41) is 9.92. The number of rotatable bonds is 14. The van der Waals surface area contributed by atoms with Crippen molar-refractivity contribution in [3.63, 3.8) is 0 Å². The highest BCUT2D eigenvalue weighted by Gasteiger charge is 2.62. The molecule has 0 spiro atoms. The van der Waals surface area contributed by atoms with Crippen molar-refractivity contribution < 1.29 is 0 Å². The number of benzene rings is 3. The van der Waals surface area contributed by atoms with Crippen LogP contribution in [0.2, 0.25) is 0 Å². The van der Waals surface area contributed by atoms with Gasteiger partial charge in [0.25, 0.3) is 0 Å². The van der Waals surface area contributed by atoms with Gasteiger partial charge in [-0.2, -0.15) is 5.26 Å². The third-order valence-corrected chi connectivity index (χ3v) is 10.6. The van der Waals surface area contributed by atoms with Crippen LogP contribution in [0.5, 0.6) is 0 Å². The van der Waals surface area contributed by atoms with Crippen molar-refractivity contribution in [1.29, 1.82) is 5.26 Å². The number of hydrogen-bond donors (Lipinski definition) is 0. The van der Waals surface area contributed by atoms with Crippen LogP contribution in [-0.2, 0) is 5.41 Å². The Balaban J connectivity index is 2.56. The Bertz CT molecular complexity index is 1290. The van der Waals surface area contributed by atoms with Crippen molar-refractivity contribution in [3.8, 4) is 28.3 Å². The van der Waals surface area contributed by atoms with Crippen LogP contribution in [0.3, 0.4) is 0 Å². The molecule has 226 valence electrons. The molecule has 4 unspecified atom stereocenters. The fourth-order valence-corrected chi connectivity index (χ4v) is 9.11. The van der Waals surface area contributed by atoms with Gasteiger partial charge in [0.1, 0.15) is 0 Å². The zero-order chi connectivity index (χ0) is 31.0. The molecule has 42 heavy (non-hydrogen) atoms. The number of hydrogen-bond acceptors (Lipinski definition) is 1. The second kappa shape index (κ2) is 14.6. The first-order chi connectivity index (χ1) is 20.1. The largest absolute Gasteiger partial charge is 0.198 e. The lowest BCUT2D eigenvalue weighted by atomic mass is 9.39. The van der Waals surface area contributed by atoms with E-state index in [1.807, 2.05) is 0 Å². The van der Waals surface area contributed by atoms with Crippen LogP contribution in [0, 0.1) is 39.9 Å². The van der Waals surface area contributed by atoms with Crippen molar-refractivity contribution in [1.82, 2.24) is 0 Å². The molecule has 0 radical (unpaired) electrons. The maximum absolute atomic E-state index is 9.92. The summed E-state index contributed by atoms with van der Waals surface area (Å²) < 4.78 is 0. The summed E-state index contributed by atoms with van der Waals surface area (Å²) in [6.45, 7) is 22.0. The summed E-state index contributed by atoms with van der Waals surface area (Å²) in [5.74, 6) is 1.23. The van der Waals surface area contributed by atoms with E-state index in [1.54, 1.807) is 0 Å². The van der Waals surface area contributed by atoms with Crippen LogP contribution in [0.4, 0.5) is 0 Å². The lowest BCUT2D eigenvalue weighted by molar-refractivity contribution is -0.103. The van der Waals surface area contributed by atoms with Gasteiger partial charge in [0.05, 0.1) is 6.07 Å². The average Bonchev–Trinajstić information content (AvgIpc) is 2.97. The van der Waals surface area contributed by atoms with Gasteiger partial charge in [0.15, 0.2) is 0 Å². The molecule has 3 aromatic rings. The van der Waals surface area contributed by atoms with Crippen molar-refractivity contribution in [2.45, 2.75) is 113 Å². The highest BCUT2D eigenvalue weighted by molar-refractivity contribution is 5.85. The summed E-state index contributed by atoms with van der Waals surface area (Å²) in [6, 6.07) is 31.8. The molecule has 1 heteroatoms. The Labute approximate surface area is 258 Å². The summed E-state index contributed by atoms with van der Waals surface area (Å²) in [6.07, 6.45) is 7.51. The van der Waals surface area contributed by atoms with Crippen LogP contribution in [-0.4, -0.2) is 0 Å². The van der Waals surface area contributed by atoms with Crippen molar-refractivity contribution in [3.05, 3.63) is 84.4 Å². The Kier molecular flexibility index (Phi) is 11.7. The van der Waals surface area contributed by atoms with Gasteiger partial charge in [-0.3, -0.25) is 0 Å². The van der Waals surface area contributed by atoms with E-state index in [-0.39, 0.29) is 16.2 Å². The molecule has 0 fully saturated rings. The minimum Gasteiger partial charge on any atom is -0.198 e. The summed E-state index contributed by atoms with van der Waals surface area (Å²) in [5.41, 5.74) is 6.62. The fourth-order valence-electron chi connectivity index (χ4n) is 9.11. The third kappa shape index (κ3) is 6.11. The third-order valence-electron chi connectivity index (χ3n) is 10.6. The van der Waals surface area contributed by atoms with Gasteiger partial charge in [-0.1, -0.05) is 167 Å². The molecule has 0 heterocycles. The van der Waals surface area contributed by atoms with Crippen LogP contribution in [0.1, 0.15) is 113 Å². The summed E-state index contributed by atoms with van der Waals surface area (Å²) in [4.78, 5) is 0. The predicted molar refractivity (Wildman–Crippen MR) is 183 cm³/mol. The molecule has 4 atom stereocenters. The van der Waals surface area contributed by atoms with E-state index in [0.717, 1.165) is 25.7 Å². The lowest BCUT2D eigenvalue weighted by Gasteiger charge is -2.65. The van der Waals surface area contributed by atoms with Crippen LogP contribution >= 0.6 is 0 Å². The Hall–Kier alpha value is -2.85. The van der Waals surface area contributed by atoms with E-state index in [2.05, 4.69) is 147 Å². The molecule has 0 bridgehead atoms. The van der Waals surface area contributed by atoms with E-state index in [0.29, 0.717) is 24.2 Å². The normalized spacial score (nSPS) is 16.3. The first-order valence-electron chi connectivity index (χ1n) is 16.7. The van der Waals surface area contributed by atoms with E-state index in [1.165, 1.54) is 40.7 Å². The highest BCUT2D eigenvalue weighted by atomic mass is 14.7. The zero-order valence-electron chi connectivity index (χ0n) is 28.1. The van der Waals surface area contributed by atoms with Crippen molar-refractivity contribution in [2.24, 2.45) is 28.6 Å². The number of nitrogens with zero attached hydrogens (tertiary/aromatic N) is 1. The fraction of sp³-hybridized carbons (Fsp3) is 0.537. The Morgan fingerprint density at radius 1 is 0.690 bits per heavy atom. The minimum atomic E-state index is -0.106. The monoisotopic (exact) mass is 563 g/mol. The molecule has 0 aliphatic heterocycles. The van der Waals surface area contributed by atoms with E-state index in [4.69, 9.17) is 0 Å². The van der Waals surface area contributed by atoms with Crippen LogP contribution in [0.15, 0.2) is 78.9 Å². The number of unbranched alkanes of at least 4 members (excludes halogenated alkanes) is 1. The first-order valence-corrected chi connectivity index (χ1v) is 16.7. The molecule has 0 saturated heterocycles. The van der Waals surface area contributed by atoms with Crippen molar-refractivity contribution in [2.75, 3.05) is 0 Å². The van der Waals surface area contributed by atoms with Gasteiger partial charge in [0.2, 0.25) is 0 Å². The molecule has 0 aliphatic carbocycles. The molecular formula is C41H57N. The second-order valence-corrected chi connectivity index (χ2v) is 14.0. The predicted octanol–water partition coefficient (Wildman–Crippen LogP) is 12.5. The van der Waals surface area contributed by atoms with E-state index >= 15 is 0 Å². The maximum atomic E-state index is 9.92. The summed E-state index contributed by atoms with van der Waals surface area (Å²) >= 11 is 0. The molecule has 0 saturated carbocycles. The SMILES string of the molecule is CCCCC(c1ccccc1-c1ccccc1-c1ccccc1)(C(C)(C)C)C(CCC)(C(C)C)C(CC)C(C)CC#N. The van der Waals surface area contributed by atoms with E-state index < -0.39 is 0 Å². The standard InChI is InChI=1S/C41H57N/c1-10-13-29-41(39(7,8)9,40(28-11-2,31(4)5)37(12-3)32(6)27-30-42)38-26-20-19-25-36(38)35-24-18-17-23-34(35)33-21-15-14-16-22-33/h14-26,31-32,37H,10-13,27-29H2,1-9H3. The minimum absolute atomic E-state index is 0.0119. The molecule has 3 rings (SSSR count). The topological polar surface area (TPSA) is 23.8 Å². The molecule has 0 N–H and O–H groups in total. The van der Waals surface area contributed by atoms with Gasteiger partial charge in [0, 0.05) is 11.8 Å². The van der Waals surface area contributed by atoms with Crippen molar-refractivity contribution >= 4 is 0 Å². The van der Waals surface area contributed by atoms with Gasteiger partial charge < -0.3 is 0 Å². The molecule has 0 aliphatic rings. The molecule has 0 aromatic heterocycles. The van der Waals surface area contributed by atoms with Gasteiger partial charge in [-0.05, 0) is 69.2 Å². The van der Waals surface area contributed by atoms with E-state index in [9.17, 15) is 5.26 Å². The Morgan fingerprint density at radius 2 is 1.26 bits per heavy atom. The van der Waals surface area contributed by atoms with Gasteiger partial charge >= 0.3 is 0 Å². The second-order valence-electron chi connectivity index (χ2n) is 14.0. The van der Waals surface area contributed by atoms with Gasteiger partial charge in [-0.25, -0.2) is 0 Å². The number of nitriles is 1. The summed E-state index contributed by atoms with van der Waals surface area (Å²) in [7, 11) is 0. The smallest absolute Gasteiger partial charge is 0.0624 e. The lowest BCUT2D eigenvalue weighted by Crippen LogP contribution is -2.61. The van der Waals surface area contributed by atoms with Crippen LogP contribution in [0.25, 0.3) is 22.3 Å². The van der Waals surface area contributed by atoms with Crippen LogP contribution < -0.4 is 0 Å². The first kappa shape index (κ1) is 33.6. The molecular weight excluding hydrogens is 506 g/mol. The zero-order valence-corrected chi connectivity index (χ0v) is 28.1. The maximum Gasteiger partial charge on any atom is 0.0624 e. The van der Waals surface area contributed by atoms with Gasteiger partial charge in [-0.15, -0.1) is 0 Å². The quantitative estimate of drug-likeness (QED) is 0.191. The highest BCUT2D eigenvalue weighted by Crippen LogP contribution is 2.67. The molecule has 0 amide bonds. The molecule has 1 nitrogen and oxygen atoms in total.